The van der Waals surface area contributed by atoms with Crippen LogP contribution in [0.5, 0.6) is 0 Å². The molecular weight excluding hydrogens is 347 g/mol. The Labute approximate surface area is 148 Å². The standard InChI is InChI=1S/C18H18F3N3O2/c1-24(2)14-9-7-12(8-10-14)16(25)22-11-13-5-3-4-6-15(13)23-17(26)18(19,20)21/h3-10H,11H2,1-2H3,(H,22,25)(H,23,26). The van der Waals surface area contributed by atoms with Crippen LogP contribution in [0.25, 0.3) is 0 Å². The van der Waals surface area contributed by atoms with Gasteiger partial charge in [0.1, 0.15) is 0 Å². The molecule has 26 heavy (non-hydrogen) atoms. The van der Waals surface area contributed by atoms with Gasteiger partial charge in [-0.25, -0.2) is 0 Å². The van der Waals surface area contributed by atoms with Crippen molar-refractivity contribution < 1.29 is 22.8 Å². The lowest BCUT2D eigenvalue weighted by atomic mass is 10.1. The van der Waals surface area contributed by atoms with Crippen molar-refractivity contribution in [3.8, 4) is 0 Å². The summed E-state index contributed by atoms with van der Waals surface area (Å²) in [7, 11) is 3.75. The van der Waals surface area contributed by atoms with Crippen LogP contribution in [-0.2, 0) is 11.3 Å². The zero-order valence-corrected chi connectivity index (χ0v) is 14.2. The van der Waals surface area contributed by atoms with Crippen LogP contribution in [0.15, 0.2) is 48.5 Å². The number of benzene rings is 2. The van der Waals surface area contributed by atoms with Crippen LogP contribution in [0.4, 0.5) is 24.5 Å². The number of nitrogens with one attached hydrogen (secondary N) is 2. The molecule has 8 heteroatoms. The van der Waals surface area contributed by atoms with Gasteiger partial charge in [-0.3, -0.25) is 9.59 Å². The summed E-state index contributed by atoms with van der Waals surface area (Å²) in [5.74, 6) is -2.43. The van der Waals surface area contributed by atoms with Crippen molar-refractivity contribution in [1.82, 2.24) is 5.32 Å². The third-order valence-corrected chi connectivity index (χ3v) is 3.61. The number of amides is 2. The van der Waals surface area contributed by atoms with Crippen LogP contribution in [-0.4, -0.2) is 32.1 Å². The fourth-order valence-electron chi connectivity index (χ4n) is 2.18. The number of halogens is 3. The predicted octanol–water partition coefficient (Wildman–Crippen LogP) is 3.18. The molecule has 2 aromatic carbocycles. The Morgan fingerprint density at radius 1 is 1.00 bits per heavy atom. The molecule has 0 atom stereocenters. The molecule has 0 saturated heterocycles. The van der Waals surface area contributed by atoms with E-state index in [9.17, 15) is 22.8 Å². The molecule has 0 heterocycles. The Morgan fingerprint density at radius 3 is 2.19 bits per heavy atom. The predicted molar refractivity (Wildman–Crippen MR) is 93.1 cm³/mol. The summed E-state index contributed by atoms with van der Waals surface area (Å²) in [4.78, 5) is 25.2. The second-order valence-corrected chi connectivity index (χ2v) is 5.73. The molecule has 2 rings (SSSR count). The summed E-state index contributed by atoms with van der Waals surface area (Å²) >= 11 is 0. The fourth-order valence-corrected chi connectivity index (χ4v) is 2.18. The second kappa shape index (κ2) is 7.90. The first-order valence-electron chi connectivity index (χ1n) is 7.70. The van der Waals surface area contributed by atoms with Gasteiger partial charge in [0.05, 0.1) is 0 Å². The van der Waals surface area contributed by atoms with Gasteiger partial charge in [-0.15, -0.1) is 0 Å². The van der Waals surface area contributed by atoms with Gasteiger partial charge >= 0.3 is 12.1 Å². The van der Waals surface area contributed by atoms with Crippen LogP contribution >= 0.6 is 0 Å². The van der Waals surface area contributed by atoms with Crippen LogP contribution in [0.2, 0.25) is 0 Å². The zero-order valence-electron chi connectivity index (χ0n) is 14.2. The highest BCUT2D eigenvalue weighted by atomic mass is 19.4. The molecule has 0 aliphatic rings. The molecular formula is C18H18F3N3O2. The second-order valence-electron chi connectivity index (χ2n) is 5.73. The molecule has 0 aromatic heterocycles. The first kappa shape index (κ1) is 19.3. The number of rotatable bonds is 5. The Balaban J connectivity index is 2.05. The van der Waals surface area contributed by atoms with Gasteiger partial charge in [0, 0.05) is 37.6 Å². The van der Waals surface area contributed by atoms with Gasteiger partial charge in [0.2, 0.25) is 0 Å². The molecule has 2 aromatic rings. The summed E-state index contributed by atoms with van der Waals surface area (Å²) < 4.78 is 37.2. The van der Waals surface area contributed by atoms with Crippen molar-refractivity contribution in [3.63, 3.8) is 0 Å². The van der Waals surface area contributed by atoms with Gasteiger partial charge in [0.25, 0.3) is 5.91 Å². The number of carbonyl (C=O) groups is 2. The highest BCUT2D eigenvalue weighted by Gasteiger charge is 2.38. The van der Waals surface area contributed by atoms with E-state index in [-0.39, 0.29) is 18.1 Å². The van der Waals surface area contributed by atoms with Crippen LogP contribution < -0.4 is 15.5 Å². The molecule has 0 unspecified atom stereocenters. The number of hydrogen-bond donors (Lipinski definition) is 2. The summed E-state index contributed by atoms with van der Waals surface area (Å²) in [5.41, 5.74) is 1.72. The zero-order chi connectivity index (χ0) is 19.3. The Bertz CT molecular complexity index is 787. The minimum atomic E-state index is -4.98. The number of hydrogen-bond acceptors (Lipinski definition) is 3. The Kier molecular flexibility index (Phi) is 5.86. The van der Waals surface area contributed by atoms with Crippen molar-refractivity contribution in [3.05, 3.63) is 59.7 Å². The minimum Gasteiger partial charge on any atom is -0.378 e. The van der Waals surface area contributed by atoms with E-state index in [2.05, 4.69) is 5.32 Å². The van der Waals surface area contributed by atoms with Crippen LogP contribution in [0, 0.1) is 0 Å². The quantitative estimate of drug-likeness (QED) is 0.856. The lowest BCUT2D eigenvalue weighted by Gasteiger charge is -2.14. The molecule has 138 valence electrons. The van der Waals surface area contributed by atoms with Gasteiger partial charge in [-0.2, -0.15) is 13.2 Å². The topological polar surface area (TPSA) is 61.4 Å². The molecule has 5 nitrogen and oxygen atoms in total. The monoisotopic (exact) mass is 365 g/mol. The maximum absolute atomic E-state index is 12.4. The average molecular weight is 365 g/mol. The van der Waals surface area contributed by atoms with E-state index in [1.807, 2.05) is 24.3 Å². The van der Waals surface area contributed by atoms with E-state index in [1.165, 1.54) is 18.2 Å². The van der Waals surface area contributed by atoms with Crippen molar-refractivity contribution >= 4 is 23.2 Å². The maximum atomic E-state index is 12.4. The molecule has 2 amide bonds. The minimum absolute atomic E-state index is 0.00178. The van der Waals surface area contributed by atoms with E-state index in [0.717, 1.165) is 5.69 Å². The molecule has 0 saturated carbocycles. The van der Waals surface area contributed by atoms with Crippen molar-refractivity contribution in [1.29, 1.82) is 0 Å². The summed E-state index contributed by atoms with van der Waals surface area (Å²) in [5, 5.41) is 4.44. The summed E-state index contributed by atoms with van der Waals surface area (Å²) in [6.07, 6.45) is -4.98. The van der Waals surface area contributed by atoms with Gasteiger partial charge in [-0.05, 0) is 35.9 Å². The van der Waals surface area contributed by atoms with E-state index in [4.69, 9.17) is 0 Å². The van der Waals surface area contributed by atoms with Crippen LogP contribution in [0.1, 0.15) is 15.9 Å². The SMILES string of the molecule is CN(C)c1ccc(C(=O)NCc2ccccc2NC(=O)C(F)(F)F)cc1. The summed E-state index contributed by atoms with van der Waals surface area (Å²) in [6, 6.07) is 12.9. The highest BCUT2D eigenvalue weighted by Crippen LogP contribution is 2.21. The number of para-hydroxylation sites is 1. The molecule has 0 fully saturated rings. The number of anilines is 2. The lowest BCUT2D eigenvalue weighted by Crippen LogP contribution is -2.31. The fraction of sp³-hybridized carbons (Fsp3) is 0.222. The van der Waals surface area contributed by atoms with E-state index in [1.54, 1.807) is 30.3 Å². The molecule has 0 aliphatic carbocycles. The van der Waals surface area contributed by atoms with Gasteiger partial charge in [-0.1, -0.05) is 18.2 Å². The van der Waals surface area contributed by atoms with Crippen molar-refractivity contribution in [2.75, 3.05) is 24.3 Å². The highest BCUT2D eigenvalue weighted by molar-refractivity contribution is 5.96. The Hall–Kier alpha value is -3.03. The van der Waals surface area contributed by atoms with Gasteiger partial charge < -0.3 is 15.5 Å². The first-order chi connectivity index (χ1) is 12.2. The number of alkyl halides is 3. The maximum Gasteiger partial charge on any atom is 0.471 e. The van der Waals surface area contributed by atoms with Crippen molar-refractivity contribution in [2.24, 2.45) is 0 Å². The third-order valence-electron chi connectivity index (χ3n) is 3.61. The molecule has 2 N–H and O–H groups in total. The summed E-state index contributed by atoms with van der Waals surface area (Å²) in [6.45, 7) is -0.0252. The molecule has 0 radical (unpaired) electrons. The van der Waals surface area contributed by atoms with E-state index < -0.39 is 12.1 Å². The lowest BCUT2D eigenvalue weighted by molar-refractivity contribution is -0.167. The van der Waals surface area contributed by atoms with Crippen molar-refractivity contribution in [2.45, 2.75) is 12.7 Å². The smallest absolute Gasteiger partial charge is 0.378 e. The van der Waals surface area contributed by atoms with E-state index >= 15 is 0 Å². The largest absolute Gasteiger partial charge is 0.471 e. The first-order valence-corrected chi connectivity index (χ1v) is 7.70. The van der Waals surface area contributed by atoms with E-state index in [0.29, 0.717) is 11.1 Å². The third kappa shape index (κ3) is 4.98. The number of carbonyl (C=O) groups excluding carboxylic acids is 2. The molecule has 0 bridgehead atoms. The Morgan fingerprint density at radius 2 is 1.62 bits per heavy atom. The average Bonchev–Trinajstić information content (AvgIpc) is 2.60. The normalized spacial score (nSPS) is 11.0. The number of nitrogens with zero attached hydrogens (tertiary/aromatic N) is 1. The van der Waals surface area contributed by atoms with Gasteiger partial charge in [0.15, 0.2) is 0 Å². The molecule has 0 spiro atoms. The molecule has 0 aliphatic heterocycles. The van der Waals surface area contributed by atoms with Crippen LogP contribution in [0.3, 0.4) is 0 Å².